The predicted molar refractivity (Wildman–Crippen MR) is 77.3 cm³/mol. The molecule has 1 aromatic rings. The Balaban J connectivity index is 2.18. The number of hydrogen-bond donors (Lipinski definition) is 1. The van der Waals surface area contributed by atoms with Crippen LogP contribution in [0.25, 0.3) is 0 Å². The van der Waals surface area contributed by atoms with Crippen LogP contribution in [0.2, 0.25) is 0 Å². The van der Waals surface area contributed by atoms with Gasteiger partial charge in [-0.05, 0) is 37.1 Å². The lowest BCUT2D eigenvalue weighted by Gasteiger charge is -2.45. The van der Waals surface area contributed by atoms with Crippen molar-refractivity contribution in [1.29, 1.82) is 0 Å². The van der Waals surface area contributed by atoms with Gasteiger partial charge >= 0.3 is 0 Å². The fourth-order valence-electron chi connectivity index (χ4n) is 3.40. The maximum atomic E-state index is 13.3. The minimum atomic E-state index is -0.513. The zero-order chi connectivity index (χ0) is 14.6. The summed E-state index contributed by atoms with van der Waals surface area (Å²) in [5, 5.41) is 0. The van der Waals surface area contributed by atoms with Crippen molar-refractivity contribution >= 4 is 0 Å². The molecule has 0 bridgehead atoms. The molecule has 0 aliphatic heterocycles. The van der Waals surface area contributed by atoms with Crippen LogP contribution in [0, 0.1) is 11.6 Å². The average molecular weight is 282 g/mol. The molecule has 112 valence electrons. The molecule has 2 N–H and O–H groups in total. The Labute approximate surface area is 120 Å². The van der Waals surface area contributed by atoms with E-state index in [2.05, 4.69) is 11.8 Å². The molecule has 0 unspecified atom stereocenters. The van der Waals surface area contributed by atoms with E-state index in [1.54, 1.807) is 0 Å². The van der Waals surface area contributed by atoms with Gasteiger partial charge in [0.2, 0.25) is 0 Å². The van der Waals surface area contributed by atoms with Crippen molar-refractivity contribution in [2.24, 2.45) is 5.73 Å². The summed E-state index contributed by atoms with van der Waals surface area (Å²) in [7, 11) is 0. The van der Waals surface area contributed by atoms with Crippen LogP contribution in [0.15, 0.2) is 18.2 Å². The molecule has 0 saturated heterocycles. The Hall–Kier alpha value is -1.00. The molecular weight excluding hydrogens is 258 g/mol. The molecule has 0 radical (unpaired) electrons. The predicted octanol–water partition coefficient (Wildman–Crippen LogP) is 3.45. The Kier molecular flexibility index (Phi) is 5.11. The van der Waals surface area contributed by atoms with Gasteiger partial charge in [-0.15, -0.1) is 0 Å². The fourth-order valence-corrected chi connectivity index (χ4v) is 3.40. The number of nitrogens with zero attached hydrogens (tertiary/aromatic N) is 1. The highest BCUT2D eigenvalue weighted by atomic mass is 19.1. The Morgan fingerprint density at radius 1 is 1.10 bits per heavy atom. The van der Waals surface area contributed by atoms with Crippen molar-refractivity contribution in [2.75, 3.05) is 13.1 Å². The molecule has 2 nitrogen and oxygen atoms in total. The zero-order valence-corrected chi connectivity index (χ0v) is 12.2. The Morgan fingerprint density at radius 2 is 1.70 bits per heavy atom. The molecule has 0 spiro atoms. The van der Waals surface area contributed by atoms with Crippen molar-refractivity contribution in [3.05, 3.63) is 35.4 Å². The number of likely N-dealkylation sites (N-methyl/N-ethyl adjacent to an activating group) is 1. The smallest absolute Gasteiger partial charge is 0.126 e. The van der Waals surface area contributed by atoms with E-state index in [4.69, 9.17) is 5.73 Å². The van der Waals surface area contributed by atoms with Crippen LogP contribution in [-0.4, -0.2) is 23.5 Å². The summed E-state index contributed by atoms with van der Waals surface area (Å²) in [6.07, 6.45) is 5.79. The minimum Gasteiger partial charge on any atom is -0.329 e. The van der Waals surface area contributed by atoms with Crippen LogP contribution in [0.3, 0.4) is 0 Å². The first-order chi connectivity index (χ1) is 9.59. The molecule has 1 aliphatic carbocycles. The largest absolute Gasteiger partial charge is 0.329 e. The van der Waals surface area contributed by atoms with E-state index in [-0.39, 0.29) is 5.54 Å². The SMILES string of the molecule is CCN(Cc1cc(F)cc(F)c1)C1(CN)CCCCC1. The van der Waals surface area contributed by atoms with Crippen LogP contribution in [-0.2, 0) is 6.54 Å². The van der Waals surface area contributed by atoms with Crippen molar-refractivity contribution in [3.8, 4) is 0 Å². The highest BCUT2D eigenvalue weighted by molar-refractivity contribution is 5.18. The molecule has 0 atom stereocenters. The van der Waals surface area contributed by atoms with Crippen LogP contribution >= 0.6 is 0 Å². The van der Waals surface area contributed by atoms with E-state index < -0.39 is 11.6 Å². The van der Waals surface area contributed by atoms with E-state index in [0.717, 1.165) is 25.5 Å². The maximum absolute atomic E-state index is 13.3. The second-order valence-corrected chi connectivity index (χ2v) is 5.78. The topological polar surface area (TPSA) is 29.3 Å². The molecule has 0 heterocycles. The molecule has 1 saturated carbocycles. The monoisotopic (exact) mass is 282 g/mol. The van der Waals surface area contributed by atoms with Gasteiger partial charge in [0.15, 0.2) is 0 Å². The van der Waals surface area contributed by atoms with Gasteiger partial charge in [0.25, 0.3) is 0 Å². The van der Waals surface area contributed by atoms with Crippen molar-refractivity contribution < 1.29 is 8.78 Å². The van der Waals surface area contributed by atoms with E-state index in [1.165, 1.54) is 31.4 Å². The summed E-state index contributed by atoms with van der Waals surface area (Å²) in [6, 6.07) is 3.75. The third-order valence-corrected chi connectivity index (χ3v) is 4.51. The zero-order valence-electron chi connectivity index (χ0n) is 12.2. The van der Waals surface area contributed by atoms with Crippen LogP contribution in [0.4, 0.5) is 8.78 Å². The van der Waals surface area contributed by atoms with Crippen LogP contribution in [0.5, 0.6) is 0 Å². The van der Waals surface area contributed by atoms with Gasteiger partial charge in [0.1, 0.15) is 11.6 Å². The van der Waals surface area contributed by atoms with Gasteiger partial charge in [-0.1, -0.05) is 26.2 Å². The first-order valence-electron chi connectivity index (χ1n) is 7.50. The lowest BCUT2D eigenvalue weighted by Crippen LogP contribution is -2.54. The lowest BCUT2D eigenvalue weighted by atomic mass is 9.80. The standard InChI is InChI=1S/C16H24F2N2/c1-2-20(16(12-19)6-4-3-5-7-16)11-13-8-14(17)10-15(18)9-13/h8-10H,2-7,11-12,19H2,1H3. The van der Waals surface area contributed by atoms with Crippen molar-refractivity contribution in [2.45, 2.75) is 51.1 Å². The number of benzene rings is 1. The number of rotatable bonds is 5. The van der Waals surface area contributed by atoms with Gasteiger partial charge in [-0.25, -0.2) is 8.78 Å². The van der Waals surface area contributed by atoms with E-state index in [9.17, 15) is 8.78 Å². The van der Waals surface area contributed by atoms with Gasteiger partial charge in [0.05, 0.1) is 0 Å². The van der Waals surface area contributed by atoms with Crippen LogP contribution < -0.4 is 5.73 Å². The number of nitrogens with two attached hydrogens (primary N) is 1. The van der Waals surface area contributed by atoms with E-state index in [0.29, 0.717) is 18.7 Å². The minimum absolute atomic E-state index is 0.00417. The second kappa shape index (κ2) is 6.64. The third kappa shape index (κ3) is 3.36. The highest BCUT2D eigenvalue weighted by Crippen LogP contribution is 2.34. The van der Waals surface area contributed by atoms with Gasteiger partial charge in [-0.3, -0.25) is 4.90 Å². The Morgan fingerprint density at radius 3 is 2.20 bits per heavy atom. The maximum Gasteiger partial charge on any atom is 0.126 e. The molecule has 4 heteroatoms. The van der Waals surface area contributed by atoms with Gasteiger partial charge in [0, 0.05) is 24.7 Å². The normalized spacial score (nSPS) is 18.4. The fraction of sp³-hybridized carbons (Fsp3) is 0.625. The molecule has 1 fully saturated rings. The lowest BCUT2D eigenvalue weighted by molar-refractivity contribution is 0.0545. The van der Waals surface area contributed by atoms with E-state index in [1.807, 2.05) is 0 Å². The molecule has 2 rings (SSSR count). The average Bonchev–Trinajstić information content (AvgIpc) is 2.44. The second-order valence-electron chi connectivity index (χ2n) is 5.78. The molecule has 1 aromatic carbocycles. The van der Waals surface area contributed by atoms with Crippen molar-refractivity contribution in [3.63, 3.8) is 0 Å². The summed E-state index contributed by atoms with van der Waals surface area (Å²) >= 11 is 0. The summed E-state index contributed by atoms with van der Waals surface area (Å²) in [4.78, 5) is 2.29. The molecule has 0 amide bonds. The first-order valence-corrected chi connectivity index (χ1v) is 7.50. The van der Waals surface area contributed by atoms with Gasteiger partial charge in [-0.2, -0.15) is 0 Å². The van der Waals surface area contributed by atoms with Gasteiger partial charge < -0.3 is 5.73 Å². The van der Waals surface area contributed by atoms with Crippen LogP contribution in [0.1, 0.15) is 44.6 Å². The summed E-state index contributed by atoms with van der Waals surface area (Å²) in [6.45, 7) is 4.10. The number of hydrogen-bond acceptors (Lipinski definition) is 2. The Bertz CT molecular complexity index is 422. The molecular formula is C16H24F2N2. The quantitative estimate of drug-likeness (QED) is 0.896. The summed E-state index contributed by atoms with van der Waals surface area (Å²) in [5.74, 6) is -1.03. The van der Waals surface area contributed by atoms with Crippen molar-refractivity contribution in [1.82, 2.24) is 4.90 Å². The summed E-state index contributed by atoms with van der Waals surface area (Å²) in [5.41, 5.74) is 6.72. The molecule has 1 aliphatic rings. The molecule has 20 heavy (non-hydrogen) atoms. The first kappa shape index (κ1) is 15.4. The summed E-state index contributed by atoms with van der Waals surface area (Å²) < 4.78 is 26.6. The number of halogens is 2. The third-order valence-electron chi connectivity index (χ3n) is 4.51. The van der Waals surface area contributed by atoms with E-state index >= 15 is 0 Å². The molecule has 0 aromatic heterocycles. The highest BCUT2D eigenvalue weighted by Gasteiger charge is 2.35.